The van der Waals surface area contributed by atoms with Gasteiger partial charge >= 0.3 is 0 Å². The Morgan fingerprint density at radius 1 is 1.09 bits per heavy atom. The number of para-hydroxylation sites is 2. The first-order chi connectivity index (χ1) is 20.8. The zero-order valence-corrected chi connectivity index (χ0v) is 24.1. The Bertz CT molecular complexity index is 1550. The van der Waals surface area contributed by atoms with Crippen molar-refractivity contribution in [2.75, 3.05) is 36.1 Å². The number of rotatable bonds is 11. The van der Waals surface area contributed by atoms with Crippen LogP contribution in [0.1, 0.15) is 24.5 Å². The van der Waals surface area contributed by atoms with Crippen molar-refractivity contribution in [2.24, 2.45) is 5.92 Å². The second kappa shape index (κ2) is 12.6. The van der Waals surface area contributed by atoms with Crippen LogP contribution in [0.3, 0.4) is 0 Å². The van der Waals surface area contributed by atoms with Crippen molar-refractivity contribution in [2.45, 2.75) is 25.5 Å². The van der Waals surface area contributed by atoms with Crippen LogP contribution in [0.15, 0.2) is 97.6 Å². The quantitative estimate of drug-likeness (QED) is 0.331. The molecule has 43 heavy (non-hydrogen) atoms. The van der Waals surface area contributed by atoms with E-state index in [1.807, 2.05) is 42.5 Å². The number of ether oxygens (including phenoxy) is 1. The number of carbonyl (C=O) groups is 3. The van der Waals surface area contributed by atoms with E-state index in [2.05, 4.69) is 6.58 Å². The van der Waals surface area contributed by atoms with E-state index in [4.69, 9.17) is 4.74 Å². The van der Waals surface area contributed by atoms with Gasteiger partial charge in [0, 0.05) is 43.2 Å². The number of aliphatic hydroxyl groups excluding tert-OH is 1. The molecular weight excluding hydrogens is 546 g/mol. The summed E-state index contributed by atoms with van der Waals surface area (Å²) in [7, 11) is 0. The Hall–Kier alpha value is -4.73. The monoisotopic (exact) mass is 581 g/mol. The number of nitrogens with zero attached hydrogens (tertiary/aromatic N) is 3. The first kappa shape index (κ1) is 29.8. The SMILES string of the molecule is C=CCN1C(=O)[C@@](O)([C@@H](C)/C=C/CC(=O)N(CCO)Cc2ccccc2)c2cc(N3C(=O)COc4ccccc43)ccc21. The molecule has 0 unspecified atom stereocenters. The normalized spacial score (nSPS) is 18.3. The van der Waals surface area contributed by atoms with Crippen LogP contribution < -0.4 is 14.5 Å². The van der Waals surface area contributed by atoms with E-state index < -0.39 is 17.4 Å². The van der Waals surface area contributed by atoms with E-state index in [0.717, 1.165) is 5.56 Å². The lowest BCUT2D eigenvalue weighted by atomic mass is 9.82. The van der Waals surface area contributed by atoms with E-state index in [1.54, 1.807) is 60.4 Å². The average molecular weight is 582 g/mol. The number of carbonyl (C=O) groups excluding carboxylic acids is 3. The van der Waals surface area contributed by atoms with Crippen molar-refractivity contribution < 1.29 is 29.3 Å². The molecule has 5 rings (SSSR count). The van der Waals surface area contributed by atoms with Crippen molar-refractivity contribution in [1.29, 1.82) is 0 Å². The maximum Gasteiger partial charge on any atom is 0.269 e. The maximum absolute atomic E-state index is 13.8. The van der Waals surface area contributed by atoms with Crippen LogP contribution >= 0.6 is 0 Å². The van der Waals surface area contributed by atoms with Gasteiger partial charge < -0.3 is 24.7 Å². The Balaban J connectivity index is 1.42. The van der Waals surface area contributed by atoms with Crippen LogP contribution in [-0.4, -0.2) is 59.1 Å². The van der Waals surface area contributed by atoms with Crippen LogP contribution in [0.2, 0.25) is 0 Å². The summed E-state index contributed by atoms with van der Waals surface area (Å²) in [6.45, 7) is 5.93. The molecule has 2 atom stereocenters. The minimum absolute atomic E-state index is 0.0315. The molecular formula is C34H35N3O6. The van der Waals surface area contributed by atoms with Crippen LogP contribution in [0.5, 0.6) is 5.75 Å². The summed E-state index contributed by atoms with van der Waals surface area (Å²) in [5.74, 6) is -1.13. The molecule has 2 aliphatic rings. The lowest BCUT2D eigenvalue weighted by Gasteiger charge is -2.31. The van der Waals surface area contributed by atoms with Gasteiger partial charge in [0.15, 0.2) is 12.2 Å². The summed E-state index contributed by atoms with van der Waals surface area (Å²) in [5.41, 5.74) is 0.963. The van der Waals surface area contributed by atoms with Crippen LogP contribution in [-0.2, 0) is 26.5 Å². The topological polar surface area (TPSA) is 111 Å². The molecule has 9 heteroatoms. The highest BCUT2D eigenvalue weighted by Crippen LogP contribution is 2.48. The highest BCUT2D eigenvalue weighted by molar-refractivity contribution is 6.09. The number of anilines is 3. The van der Waals surface area contributed by atoms with Crippen molar-refractivity contribution >= 4 is 34.8 Å². The van der Waals surface area contributed by atoms with E-state index in [1.165, 1.54) is 9.80 Å². The molecule has 3 amide bonds. The van der Waals surface area contributed by atoms with Gasteiger partial charge in [-0.2, -0.15) is 0 Å². The fraction of sp³-hybridized carbons (Fsp3) is 0.265. The van der Waals surface area contributed by atoms with Gasteiger partial charge in [-0.15, -0.1) is 6.58 Å². The molecule has 0 spiro atoms. The average Bonchev–Trinajstić information content (AvgIpc) is 3.23. The molecule has 0 fully saturated rings. The molecule has 2 N–H and O–H groups in total. The van der Waals surface area contributed by atoms with Crippen molar-refractivity contribution in [3.05, 3.63) is 109 Å². The third-order valence-corrected chi connectivity index (χ3v) is 7.84. The zero-order chi connectivity index (χ0) is 30.6. The first-order valence-corrected chi connectivity index (χ1v) is 14.2. The molecule has 0 saturated carbocycles. The number of fused-ring (bicyclic) bond motifs is 2. The Labute approximate surface area is 250 Å². The van der Waals surface area contributed by atoms with E-state index in [9.17, 15) is 24.6 Å². The van der Waals surface area contributed by atoms with Crippen molar-refractivity contribution in [3.8, 4) is 5.75 Å². The van der Waals surface area contributed by atoms with Gasteiger partial charge in [-0.1, -0.05) is 67.6 Å². The van der Waals surface area contributed by atoms with Gasteiger partial charge in [0.25, 0.3) is 11.8 Å². The molecule has 2 heterocycles. The summed E-state index contributed by atoms with van der Waals surface area (Å²) in [6, 6.07) is 21.9. The summed E-state index contributed by atoms with van der Waals surface area (Å²) < 4.78 is 5.59. The van der Waals surface area contributed by atoms with Gasteiger partial charge in [-0.25, -0.2) is 0 Å². The van der Waals surface area contributed by atoms with E-state index in [-0.39, 0.29) is 44.5 Å². The molecule has 3 aromatic carbocycles. The van der Waals surface area contributed by atoms with Gasteiger partial charge in [0.1, 0.15) is 5.75 Å². The zero-order valence-electron chi connectivity index (χ0n) is 24.1. The lowest BCUT2D eigenvalue weighted by Crippen LogP contribution is -2.44. The Morgan fingerprint density at radius 3 is 2.58 bits per heavy atom. The summed E-state index contributed by atoms with van der Waals surface area (Å²) in [6.07, 6.45) is 4.93. The highest BCUT2D eigenvalue weighted by atomic mass is 16.5. The minimum atomic E-state index is -1.95. The van der Waals surface area contributed by atoms with Crippen LogP contribution in [0.4, 0.5) is 17.1 Å². The smallest absolute Gasteiger partial charge is 0.269 e. The van der Waals surface area contributed by atoms with Crippen LogP contribution in [0, 0.1) is 5.92 Å². The predicted octanol–water partition coefficient (Wildman–Crippen LogP) is 4.07. The number of hydrogen-bond acceptors (Lipinski definition) is 6. The number of aliphatic hydroxyl groups is 2. The molecule has 0 saturated heterocycles. The third-order valence-electron chi connectivity index (χ3n) is 7.84. The predicted molar refractivity (Wildman–Crippen MR) is 164 cm³/mol. The molecule has 3 aromatic rings. The fourth-order valence-corrected chi connectivity index (χ4v) is 5.63. The highest BCUT2D eigenvalue weighted by Gasteiger charge is 2.52. The number of hydrogen-bond donors (Lipinski definition) is 2. The molecule has 0 aliphatic carbocycles. The van der Waals surface area contributed by atoms with E-state index >= 15 is 0 Å². The minimum Gasteiger partial charge on any atom is -0.482 e. The maximum atomic E-state index is 13.8. The largest absolute Gasteiger partial charge is 0.482 e. The van der Waals surface area contributed by atoms with Gasteiger partial charge in [-0.3, -0.25) is 19.3 Å². The van der Waals surface area contributed by atoms with Gasteiger partial charge in [0.05, 0.1) is 18.0 Å². The summed E-state index contributed by atoms with van der Waals surface area (Å²) >= 11 is 0. The second-order valence-electron chi connectivity index (χ2n) is 10.6. The van der Waals surface area contributed by atoms with Crippen molar-refractivity contribution in [1.82, 2.24) is 4.90 Å². The molecule has 222 valence electrons. The van der Waals surface area contributed by atoms with Gasteiger partial charge in [-0.05, 0) is 35.9 Å². The van der Waals surface area contributed by atoms with Crippen molar-refractivity contribution in [3.63, 3.8) is 0 Å². The molecule has 0 radical (unpaired) electrons. The third kappa shape index (κ3) is 5.69. The lowest BCUT2D eigenvalue weighted by molar-refractivity contribution is -0.139. The second-order valence-corrected chi connectivity index (χ2v) is 10.6. The van der Waals surface area contributed by atoms with Crippen LogP contribution in [0.25, 0.3) is 0 Å². The molecule has 0 bridgehead atoms. The number of amides is 3. The Kier molecular flexibility index (Phi) is 8.75. The molecule has 0 aromatic heterocycles. The molecule has 9 nitrogen and oxygen atoms in total. The Morgan fingerprint density at radius 2 is 1.84 bits per heavy atom. The fourth-order valence-electron chi connectivity index (χ4n) is 5.63. The van der Waals surface area contributed by atoms with Gasteiger partial charge in [0.2, 0.25) is 5.91 Å². The summed E-state index contributed by atoms with van der Waals surface area (Å²) in [5, 5.41) is 21.6. The standard InChI is InChI=1S/C34H35N3O6/c1-3-18-36-28-17-16-26(37-29-13-7-8-14-30(29)43-23-32(37)40)21-27(28)34(42,33(36)41)24(2)10-9-15-31(39)35(19-20-38)22-25-11-5-4-6-12-25/h3-14,16-17,21,24,38,42H,1,15,18-20,22-23H2,2H3/b10-9+/t24-,34+/m0/s1. The summed E-state index contributed by atoms with van der Waals surface area (Å²) in [4.78, 5) is 44.4. The first-order valence-electron chi connectivity index (χ1n) is 14.2. The molecule has 2 aliphatic heterocycles. The van der Waals surface area contributed by atoms with E-state index in [0.29, 0.717) is 34.9 Å². The number of benzene rings is 3.